The molecule has 0 aromatic heterocycles. The van der Waals surface area contributed by atoms with Crippen molar-refractivity contribution in [3.8, 4) is 0 Å². The molecule has 0 atom stereocenters. The third-order valence-corrected chi connectivity index (χ3v) is 7.05. The topological polar surface area (TPSA) is 26.3 Å². The Balaban J connectivity index is 1.50. The molecule has 0 bridgehead atoms. The Kier molecular flexibility index (Phi) is 6.30. The molecule has 0 saturated carbocycles. The van der Waals surface area contributed by atoms with Gasteiger partial charge in [-0.3, -0.25) is 0 Å². The van der Waals surface area contributed by atoms with Crippen LogP contribution in [-0.2, 0) is 22.2 Å². The summed E-state index contributed by atoms with van der Waals surface area (Å²) in [5.41, 5.74) is 8.48. The van der Waals surface area contributed by atoms with Crippen molar-refractivity contribution in [3.05, 3.63) is 106 Å². The second kappa shape index (κ2) is 9.02. The Morgan fingerprint density at radius 1 is 0.818 bits per heavy atom. The lowest BCUT2D eigenvalue weighted by atomic mass is 9.63. The molecule has 33 heavy (non-hydrogen) atoms. The normalized spacial score (nSPS) is 16.7. The molecular weight excluding hydrogens is 404 g/mol. The van der Waals surface area contributed by atoms with Crippen LogP contribution in [0.25, 0.3) is 11.6 Å². The molecule has 0 fully saturated rings. The van der Waals surface area contributed by atoms with Gasteiger partial charge >= 0.3 is 5.97 Å². The van der Waals surface area contributed by atoms with Gasteiger partial charge in [0.1, 0.15) is 6.61 Å². The Bertz CT molecular complexity index is 1170. The maximum atomic E-state index is 12.4. The first-order chi connectivity index (χ1) is 15.7. The van der Waals surface area contributed by atoms with Crippen LogP contribution < -0.4 is 0 Å². The van der Waals surface area contributed by atoms with Gasteiger partial charge in [-0.2, -0.15) is 0 Å². The molecule has 0 aliphatic heterocycles. The highest BCUT2D eigenvalue weighted by molar-refractivity contribution is 5.90. The monoisotopic (exact) mass is 438 g/mol. The third-order valence-electron chi connectivity index (χ3n) is 7.05. The zero-order valence-electron chi connectivity index (χ0n) is 20.4. The van der Waals surface area contributed by atoms with Gasteiger partial charge in [-0.1, -0.05) is 94.4 Å². The molecule has 2 nitrogen and oxygen atoms in total. The van der Waals surface area contributed by atoms with Crippen LogP contribution >= 0.6 is 0 Å². The molecule has 2 heteroatoms. The smallest absolute Gasteiger partial charge is 0.338 e. The Labute approximate surface area is 198 Å². The summed E-state index contributed by atoms with van der Waals surface area (Å²) in [6.45, 7) is 11.9. The summed E-state index contributed by atoms with van der Waals surface area (Å²) in [6.07, 6.45) is 4.62. The molecule has 0 N–H and O–H groups in total. The second-order valence-electron chi connectivity index (χ2n) is 10.5. The highest BCUT2D eigenvalue weighted by Gasteiger charge is 2.36. The van der Waals surface area contributed by atoms with E-state index < -0.39 is 0 Å². The van der Waals surface area contributed by atoms with E-state index in [-0.39, 0.29) is 23.4 Å². The average Bonchev–Trinajstić information content (AvgIpc) is 2.81. The molecule has 3 aromatic carbocycles. The number of esters is 1. The zero-order valence-corrected chi connectivity index (χ0v) is 20.4. The standard InChI is InChI=1S/C31H34O2/c1-22(26-15-16-27-28(20-26)31(4,5)18-17-30(27,2)3)19-23-11-13-25(14-12-23)29(32)33-21-24-9-7-6-8-10-24/h6-16,19-20H,17-18,21H2,1-5H3. The minimum Gasteiger partial charge on any atom is -0.457 e. The number of ether oxygens (including phenoxy) is 1. The molecule has 1 aliphatic rings. The average molecular weight is 439 g/mol. The van der Waals surface area contributed by atoms with Crippen LogP contribution in [-0.4, -0.2) is 5.97 Å². The molecule has 4 rings (SSSR count). The summed E-state index contributed by atoms with van der Waals surface area (Å²) >= 11 is 0. The fourth-order valence-corrected chi connectivity index (χ4v) is 4.69. The molecule has 0 saturated heterocycles. The minimum atomic E-state index is -0.300. The highest BCUT2D eigenvalue weighted by atomic mass is 16.5. The van der Waals surface area contributed by atoms with E-state index in [1.165, 1.54) is 35.1 Å². The Hall–Kier alpha value is -3.13. The Morgan fingerprint density at radius 2 is 1.42 bits per heavy atom. The van der Waals surface area contributed by atoms with Gasteiger partial charge in [0.15, 0.2) is 0 Å². The summed E-state index contributed by atoms with van der Waals surface area (Å²) in [5, 5.41) is 0. The first-order valence-electron chi connectivity index (χ1n) is 11.8. The Morgan fingerprint density at radius 3 is 2.09 bits per heavy atom. The number of rotatable bonds is 5. The third kappa shape index (κ3) is 5.11. The quantitative estimate of drug-likeness (QED) is 0.298. The van der Waals surface area contributed by atoms with Crippen molar-refractivity contribution in [1.29, 1.82) is 0 Å². The summed E-state index contributed by atoms with van der Waals surface area (Å²) in [6, 6.07) is 24.3. The highest BCUT2D eigenvalue weighted by Crippen LogP contribution is 2.46. The van der Waals surface area contributed by atoms with Crippen molar-refractivity contribution >= 4 is 17.6 Å². The SMILES string of the molecule is CC(=Cc1ccc(C(=O)OCc2ccccc2)cc1)c1ccc2c(c1)C(C)(C)CCC2(C)C. The summed E-state index contributed by atoms with van der Waals surface area (Å²) in [7, 11) is 0. The van der Waals surface area contributed by atoms with Gasteiger partial charge < -0.3 is 4.74 Å². The summed E-state index contributed by atoms with van der Waals surface area (Å²) in [4.78, 5) is 12.4. The number of carbonyl (C=O) groups excluding carboxylic acids is 1. The van der Waals surface area contributed by atoms with Crippen LogP contribution in [0.2, 0.25) is 0 Å². The number of carbonyl (C=O) groups is 1. The minimum absolute atomic E-state index is 0.197. The van der Waals surface area contributed by atoms with E-state index in [1.54, 1.807) is 0 Å². The largest absolute Gasteiger partial charge is 0.457 e. The maximum absolute atomic E-state index is 12.4. The summed E-state index contributed by atoms with van der Waals surface area (Å²) in [5.74, 6) is -0.300. The molecule has 0 amide bonds. The van der Waals surface area contributed by atoms with Crippen LogP contribution in [0.4, 0.5) is 0 Å². The second-order valence-corrected chi connectivity index (χ2v) is 10.5. The van der Waals surface area contributed by atoms with Crippen LogP contribution in [0, 0.1) is 0 Å². The van der Waals surface area contributed by atoms with Crippen LogP contribution in [0.15, 0.2) is 72.8 Å². The van der Waals surface area contributed by atoms with Crippen LogP contribution in [0.1, 0.15) is 85.6 Å². The van der Waals surface area contributed by atoms with Crippen molar-refractivity contribution in [2.45, 2.75) is 64.9 Å². The van der Waals surface area contributed by atoms with Gasteiger partial charge in [0, 0.05) is 0 Å². The van der Waals surface area contributed by atoms with Gasteiger partial charge in [0.2, 0.25) is 0 Å². The van der Waals surface area contributed by atoms with E-state index in [4.69, 9.17) is 4.74 Å². The fraction of sp³-hybridized carbons (Fsp3) is 0.323. The number of fused-ring (bicyclic) bond motifs is 1. The molecule has 1 aliphatic carbocycles. The van der Waals surface area contributed by atoms with Crippen molar-refractivity contribution in [3.63, 3.8) is 0 Å². The van der Waals surface area contributed by atoms with Crippen molar-refractivity contribution in [1.82, 2.24) is 0 Å². The van der Waals surface area contributed by atoms with Gasteiger partial charge in [-0.05, 0) is 76.1 Å². The molecule has 0 unspecified atom stereocenters. The predicted molar refractivity (Wildman–Crippen MR) is 137 cm³/mol. The lowest BCUT2D eigenvalue weighted by molar-refractivity contribution is 0.0472. The molecule has 170 valence electrons. The van der Waals surface area contributed by atoms with E-state index >= 15 is 0 Å². The van der Waals surface area contributed by atoms with Crippen molar-refractivity contribution in [2.24, 2.45) is 0 Å². The van der Waals surface area contributed by atoms with Crippen molar-refractivity contribution < 1.29 is 9.53 Å². The number of hydrogen-bond acceptors (Lipinski definition) is 2. The van der Waals surface area contributed by atoms with Gasteiger partial charge in [0.05, 0.1) is 5.56 Å². The summed E-state index contributed by atoms with van der Waals surface area (Å²) < 4.78 is 5.44. The predicted octanol–water partition coefficient (Wildman–Crippen LogP) is 7.95. The number of benzene rings is 3. The van der Waals surface area contributed by atoms with E-state index in [2.05, 4.69) is 58.9 Å². The van der Waals surface area contributed by atoms with Gasteiger partial charge in [-0.15, -0.1) is 0 Å². The lowest BCUT2D eigenvalue weighted by Crippen LogP contribution is -2.33. The maximum Gasteiger partial charge on any atom is 0.338 e. The van der Waals surface area contributed by atoms with Crippen LogP contribution in [0.3, 0.4) is 0 Å². The van der Waals surface area contributed by atoms with E-state index in [0.717, 1.165) is 11.1 Å². The fourth-order valence-electron chi connectivity index (χ4n) is 4.69. The molecular formula is C31H34O2. The lowest BCUT2D eigenvalue weighted by Gasteiger charge is -2.42. The molecule has 0 radical (unpaired) electrons. The van der Waals surface area contributed by atoms with E-state index in [0.29, 0.717) is 5.56 Å². The molecule has 0 heterocycles. The van der Waals surface area contributed by atoms with E-state index in [1.807, 2.05) is 54.6 Å². The number of allylic oxidation sites excluding steroid dienone is 1. The van der Waals surface area contributed by atoms with Gasteiger partial charge in [0.25, 0.3) is 0 Å². The van der Waals surface area contributed by atoms with Crippen LogP contribution in [0.5, 0.6) is 0 Å². The first-order valence-corrected chi connectivity index (χ1v) is 11.8. The van der Waals surface area contributed by atoms with Gasteiger partial charge in [-0.25, -0.2) is 4.79 Å². The zero-order chi connectivity index (χ0) is 23.6. The van der Waals surface area contributed by atoms with E-state index in [9.17, 15) is 4.79 Å². The van der Waals surface area contributed by atoms with Crippen molar-refractivity contribution in [2.75, 3.05) is 0 Å². The first kappa shape index (κ1) is 23.0. The number of hydrogen-bond donors (Lipinski definition) is 0. The molecule has 0 spiro atoms. The molecule has 3 aromatic rings.